The zero-order chi connectivity index (χ0) is 50.6. The van der Waals surface area contributed by atoms with Crippen LogP contribution >= 0.6 is 0 Å². The Balaban J connectivity index is 4.12. The molecule has 0 fully saturated rings. The highest BCUT2D eigenvalue weighted by molar-refractivity contribution is 5.71. The summed E-state index contributed by atoms with van der Waals surface area (Å²) < 4.78 is 22.8. The van der Waals surface area contributed by atoms with Gasteiger partial charge in [0, 0.05) is 12.8 Å². The lowest BCUT2D eigenvalue weighted by Crippen LogP contribution is -2.40. The van der Waals surface area contributed by atoms with E-state index in [1.54, 1.807) is 0 Å². The quantitative estimate of drug-likeness (QED) is 0.0211. The van der Waals surface area contributed by atoms with Crippen LogP contribution in [0.15, 0.2) is 85.1 Å². The predicted molar refractivity (Wildman–Crippen MR) is 290 cm³/mol. The number of carbonyl (C=O) groups excluding carboxylic acids is 2. The van der Waals surface area contributed by atoms with Crippen molar-refractivity contribution in [1.29, 1.82) is 0 Å². The third-order valence-electron chi connectivity index (χ3n) is 11.6. The first kappa shape index (κ1) is 65.5. The number of nitrogens with zero attached hydrogens (tertiary/aromatic N) is 1. The van der Waals surface area contributed by atoms with Crippen molar-refractivity contribution in [2.45, 2.75) is 232 Å². The van der Waals surface area contributed by atoms with Crippen LogP contribution in [-0.2, 0) is 33.3 Å². The Morgan fingerprint density at radius 1 is 0.449 bits per heavy atom. The van der Waals surface area contributed by atoms with Crippen molar-refractivity contribution in [2.75, 3.05) is 47.5 Å². The van der Waals surface area contributed by atoms with E-state index in [2.05, 4.69) is 98.9 Å². The van der Waals surface area contributed by atoms with Gasteiger partial charge in [-0.15, -0.1) is 0 Å². The number of likely N-dealkylation sites (N-methyl/N-ethyl adjacent to an activating group) is 1. The number of carboxylic acids is 1. The number of allylic oxidation sites excluding steroid dienone is 14. The van der Waals surface area contributed by atoms with Gasteiger partial charge < -0.3 is 28.5 Å². The lowest BCUT2D eigenvalue weighted by atomic mass is 10.0. The Labute approximate surface area is 423 Å². The molecule has 0 saturated carbocycles. The van der Waals surface area contributed by atoms with Crippen LogP contribution in [0.3, 0.4) is 0 Å². The number of aliphatic carboxylic acids is 1. The van der Waals surface area contributed by atoms with Gasteiger partial charge in [-0.1, -0.05) is 208 Å². The molecule has 1 N–H and O–H groups in total. The molecule has 2 atom stereocenters. The van der Waals surface area contributed by atoms with E-state index in [9.17, 15) is 19.5 Å². The fourth-order valence-corrected chi connectivity index (χ4v) is 7.35. The van der Waals surface area contributed by atoms with Gasteiger partial charge in [-0.3, -0.25) is 9.59 Å². The van der Waals surface area contributed by atoms with E-state index in [0.717, 1.165) is 96.3 Å². The SMILES string of the molecule is CC/C=C\C/C=C\C/C=C\C/C=C\C/C=C\C/C=C\CCCCCCCCCCCCCCCCC(=O)OC(COC(=O)CCCCCCC/C=C\CCCC)COC(OCC[N+](C)(C)C)C(=O)O. The average molecular weight is 967 g/mol. The summed E-state index contributed by atoms with van der Waals surface area (Å²) >= 11 is 0. The molecule has 0 aromatic carbocycles. The maximum atomic E-state index is 12.8. The highest BCUT2D eigenvalue weighted by Gasteiger charge is 2.25. The van der Waals surface area contributed by atoms with Gasteiger partial charge >= 0.3 is 17.9 Å². The Kier molecular flexibility index (Phi) is 48.2. The predicted octanol–water partition coefficient (Wildman–Crippen LogP) is 16.0. The molecule has 0 aliphatic heterocycles. The summed E-state index contributed by atoms with van der Waals surface area (Å²) in [5, 5.41) is 9.67. The summed E-state index contributed by atoms with van der Waals surface area (Å²) in [4.78, 5) is 37.2. The van der Waals surface area contributed by atoms with Crippen LogP contribution < -0.4 is 0 Å². The normalized spacial score (nSPS) is 13.5. The summed E-state index contributed by atoms with van der Waals surface area (Å²) in [6.45, 7) is 4.70. The Morgan fingerprint density at radius 2 is 0.826 bits per heavy atom. The molecule has 0 spiro atoms. The molecule has 0 heterocycles. The van der Waals surface area contributed by atoms with Gasteiger partial charge in [0.15, 0.2) is 6.10 Å². The second kappa shape index (κ2) is 50.8. The molecule has 0 rings (SSSR count). The molecular weight excluding hydrogens is 863 g/mol. The van der Waals surface area contributed by atoms with E-state index in [4.69, 9.17) is 18.9 Å². The van der Waals surface area contributed by atoms with Crippen molar-refractivity contribution in [3.05, 3.63) is 85.1 Å². The summed E-state index contributed by atoms with van der Waals surface area (Å²) in [7, 11) is 5.96. The van der Waals surface area contributed by atoms with Crippen LogP contribution in [0.25, 0.3) is 0 Å². The van der Waals surface area contributed by atoms with Crippen molar-refractivity contribution in [1.82, 2.24) is 0 Å². The van der Waals surface area contributed by atoms with Gasteiger partial charge in [-0.2, -0.15) is 0 Å². The average Bonchev–Trinajstić information content (AvgIpc) is 3.31. The molecule has 0 aliphatic rings. The van der Waals surface area contributed by atoms with Gasteiger partial charge in [-0.25, -0.2) is 4.79 Å². The van der Waals surface area contributed by atoms with Gasteiger partial charge in [0.05, 0.1) is 34.4 Å². The minimum atomic E-state index is -1.51. The number of unbranched alkanes of at least 4 members (excludes halogenated alkanes) is 21. The van der Waals surface area contributed by atoms with Gasteiger partial charge in [0.2, 0.25) is 0 Å². The number of esters is 2. The highest BCUT2D eigenvalue weighted by Crippen LogP contribution is 2.15. The van der Waals surface area contributed by atoms with Gasteiger partial charge in [-0.05, 0) is 83.5 Å². The molecule has 0 aromatic heterocycles. The van der Waals surface area contributed by atoms with Crippen LogP contribution in [0.2, 0.25) is 0 Å². The van der Waals surface area contributed by atoms with E-state index >= 15 is 0 Å². The third kappa shape index (κ3) is 52.1. The lowest BCUT2D eigenvalue weighted by molar-refractivity contribution is -0.870. The minimum Gasteiger partial charge on any atom is -0.477 e. The van der Waals surface area contributed by atoms with Crippen molar-refractivity contribution in [3.8, 4) is 0 Å². The zero-order valence-electron chi connectivity index (χ0n) is 44.9. The summed E-state index contributed by atoms with van der Waals surface area (Å²) in [6.07, 6.45) is 63.8. The van der Waals surface area contributed by atoms with Crippen molar-refractivity contribution in [3.63, 3.8) is 0 Å². The van der Waals surface area contributed by atoms with Crippen LogP contribution in [0.4, 0.5) is 0 Å². The van der Waals surface area contributed by atoms with E-state index in [0.29, 0.717) is 17.4 Å². The smallest absolute Gasteiger partial charge is 0.361 e. The largest absolute Gasteiger partial charge is 0.477 e. The number of carbonyl (C=O) groups is 3. The molecule has 0 radical (unpaired) electrons. The maximum Gasteiger partial charge on any atom is 0.361 e. The number of hydrogen-bond acceptors (Lipinski definition) is 7. The first-order chi connectivity index (χ1) is 33.6. The molecule has 2 unspecified atom stereocenters. The number of carboxylic acid groups (broad SMARTS) is 1. The van der Waals surface area contributed by atoms with Crippen LogP contribution in [0.1, 0.15) is 219 Å². The van der Waals surface area contributed by atoms with Crippen molar-refractivity contribution >= 4 is 17.9 Å². The molecule has 0 bridgehead atoms. The zero-order valence-corrected chi connectivity index (χ0v) is 44.9. The first-order valence-electron chi connectivity index (χ1n) is 27.8. The summed E-state index contributed by atoms with van der Waals surface area (Å²) in [5.74, 6) is -2.02. The lowest BCUT2D eigenvalue weighted by Gasteiger charge is -2.25. The van der Waals surface area contributed by atoms with Gasteiger partial charge in [0.25, 0.3) is 6.29 Å². The third-order valence-corrected chi connectivity index (χ3v) is 11.6. The fraction of sp³-hybridized carbons (Fsp3) is 0.717. The number of quaternary nitrogens is 1. The molecule has 396 valence electrons. The molecule has 9 nitrogen and oxygen atoms in total. The molecule has 0 amide bonds. The number of ether oxygens (including phenoxy) is 4. The Hall–Kier alpha value is -3.53. The molecule has 0 aliphatic carbocycles. The fourth-order valence-electron chi connectivity index (χ4n) is 7.35. The van der Waals surface area contributed by atoms with Crippen molar-refractivity contribution in [2.24, 2.45) is 0 Å². The second-order valence-electron chi connectivity index (χ2n) is 19.5. The molecule has 0 aromatic rings. The minimum absolute atomic E-state index is 0.184. The van der Waals surface area contributed by atoms with E-state index < -0.39 is 24.3 Å². The van der Waals surface area contributed by atoms with Gasteiger partial charge in [0.1, 0.15) is 13.2 Å². The van der Waals surface area contributed by atoms with E-state index in [-0.39, 0.29) is 38.6 Å². The molecule has 0 saturated heterocycles. The Bertz CT molecular complexity index is 1400. The Morgan fingerprint density at radius 3 is 1.25 bits per heavy atom. The number of rotatable bonds is 50. The maximum absolute atomic E-state index is 12.8. The van der Waals surface area contributed by atoms with E-state index in [1.165, 1.54) is 89.9 Å². The number of hydrogen-bond donors (Lipinski definition) is 1. The van der Waals surface area contributed by atoms with Crippen LogP contribution in [0.5, 0.6) is 0 Å². The summed E-state index contributed by atoms with van der Waals surface area (Å²) in [6, 6.07) is 0. The van der Waals surface area contributed by atoms with E-state index in [1.807, 2.05) is 21.1 Å². The monoisotopic (exact) mass is 967 g/mol. The molecule has 9 heteroatoms. The summed E-state index contributed by atoms with van der Waals surface area (Å²) in [5.41, 5.74) is 0. The molecule has 69 heavy (non-hydrogen) atoms. The highest BCUT2D eigenvalue weighted by atomic mass is 16.7. The van der Waals surface area contributed by atoms with Crippen LogP contribution in [-0.4, -0.2) is 87.4 Å². The van der Waals surface area contributed by atoms with Crippen LogP contribution in [0, 0.1) is 0 Å². The topological polar surface area (TPSA) is 108 Å². The standard InChI is InChI=1S/C60H103NO8/c1-6-8-10-12-14-16-18-19-20-21-22-23-24-25-26-27-28-29-30-31-32-33-34-35-36-37-38-39-41-43-45-47-49-51-58(63)69-56(55-68-60(59(64)65)66-53-52-61(3,4)5)54-67-57(62)50-48-46-44-42-40-17-15-13-11-9-7-2/h8,10,13-16,19-20,22-23,25-26,28-29,56,60H,6-7,9,11-12,17-18,21,24,27,30-55H2,1-5H3/p+1/b10-8-,15-13-,16-14-,20-19-,23-22-,26-25-,29-28-. The van der Waals surface area contributed by atoms with Crippen molar-refractivity contribution < 1.29 is 42.9 Å². The first-order valence-corrected chi connectivity index (χ1v) is 27.8. The molecular formula is C60H104NO8+. The second-order valence-corrected chi connectivity index (χ2v) is 19.5.